The molecule has 0 fully saturated rings. The van der Waals surface area contributed by atoms with Crippen LogP contribution in [-0.2, 0) is 30.8 Å². The zero-order valence-electron chi connectivity index (χ0n) is 22.2. The van der Waals surface area contributed by atoms with Crippen molar-refractivity contribution in [3.05, 3.63) is 98.6 Å². The van der Waals surface area contributed by atoms with Gasteiger partial charge in [0.05, 0.1) is 35.3 Å². The van der Waals surface area contributed by atoms with Crippen molar-refractivity contribution in [2.24, 2.45) is 0 Å². The van der Waals surface area contributed by atoms with E-state index in [4.69, 9.17) is 4.74 Å². The lowest BCUT2D eigenvalue weighted by molar-refractivity contribution is -0.385. The van der Waals surface area contributed by atoms with Gasteiger partial charge >= 0.3 is 5.97 Å². The van der Waals surface area contributed by atoms with Gasteiger partial charge in [0, 0.05) is 17.8 Å². The van der Waals surface area contributed by atoms with E-state index in [1.807, 2.05) is 32.9 Å². The third-order valence-corrected chi connectivity index (χ3v) is 7.45. The van der Waals surface area contributed by atoms with Gasteiger partial charge in [0.2, 0.25) is 5.91 Å². The number of sulfonamides is 1. The third-order valence-electron chi connectivity index (χ3n) is 6.07. The van der Waals surface area contributed by atoms with Crippen LogP contribution in [0.4, 0.5) is 11.4 Å². The molecule has 1 atom stereocenters. The predicted molar refractivity (Wildman–Crippen MR) is 147 cm³/mol. The van der Waals surface area contributed by atoms with E-state index in [0.29, 0.717) is 5.56 Å². The monoisotopic (exact) mass is 553 g/mol. The van der Waals surface area contributed by atoms with Crippen LogP contribution in [-0.4, -0.2) is 31.8 Å². The molecule has 0 aliphatic carbocycles. The number of carbonyl (C=O) groups excluding carboxylic acids is 2. The molecule has 0 radical (unpaired) electrons. The maximum atomic E-state index is 13.1. The molecule has 2 N–H and O–H groups in total. The van der Waals surface area contributed by atoms with Gasteiger partial charge in [-0.2, -0.15) is 0 Å². The maximum absolute atomic E-state index is 13.1. The van der Waals surface area contributed by atoms with Crippen molar-refractivity contribution in [2.45, 2.75) is 51.5 Å². The number of rotatable bonds is 11. The first-order valence-electron chi connectivity index (χ1n) is 12.3. The standard InChI is InChI=1S/C28H31N3O7S/c1-5-38-28(33)17-26(29-27(32)16-25-19(3)12-18(2)13-20(25)4)21-8-6-9-22(14-21)30-39(36,37)24-11-7-10-23(15-24)31(34)35/h6-15,26,30H,5,16-17H2,1-4H3,(H,29,32). The first-order chi connectivity index (χ1) is 18.4. The van der Waals surface area contributed by atoms with Crippen molar-refractivity contribution in [3.8, 4) is 0 Å². The van der Waals surface area contributed by atoms with E-state index in [-0.39, 0.29) is 41.6 Å². The molecule has 0 aliphatic heterocycles. The first-order valence-corrected chi connectivity index (χ1v) is 13.8. The molecular formula is C28H31N3O7S. The van der Waals surface area contributed by atoms with Gasteiger partial charge in [-0.05, 0) is 68.1 Å². The largest absolute Gasteiger partial charge is 0.466 e. The number of amides is 1. The number of non-ortho nitro benzene ring substituents is 1. The average Bonchev–Trinajstić information content (AvgIpc) is 2.86. The minimum atomic E-state index is -4.15. The minimum Gasteiger partial charge on any atom is -0.466 e. The Bertz CT molecular complexity index is 1480. The lowest BCUT2D eigenvalue weighted by Crippen LogP contribution is -2.32. The lowest BCUT2D eigenvalue weighted by Gasteiger charge is -2.20. The maximum Gasteiger partial charge on any atom is 0.308 e. The molecule has 0 saturated carbocycles. The Balaban J connectivity index is 1.87. The number of nitro benzene ring substituents is 1. The number of esters is 1. The molecule has 1 unspecified atom stereocenters. The molecular weight excluding hydrogens is 522 g/mol. The topological polar surface area (TPSA) is 145 Å². The van der Waals surface area contributed by atoms with Crippen LogP contribution in [0.3, 0.4) is 0 Å². The Morgan fingerprint density at radius 1 is 1.00 bits per heavy atom. The highest BCUT2D eigenvalue weighted by molar-refractivity contribution is 7.92. The van der Waals surface area contributed by atoms with Crippen LogP contribution in [0, 0.1) is 30.9 Å². The van der Waals surface area contributed by atoms with Gasteiger partial charge in [-0.1, -0.05) is 35.9 Å². The van der Waals surface area contributed by atoms with E-state index in [1.54, 1.807) is 19.1 Å². The van der Waals surface area contributed by atoms with Crippen LogP contribution >= 0.6 is 0 Å². The Morgan fingerprint density at radius 3 is 2.31 bits per heavy atom. The highest BCUT2D eigenvalue weighted by Gasteiger charge is 2.22. The van der Waals surface area contributed by atoms with Crippen molar-refractivity contribution in [1.29, 1.82) is 0 Å². The summed E-state index contributed by atoms with van der Waals surface area (Å²) in [6, 6.07) is 14.2. The van der Waals surface area contributed by atoms with E-state index in [9.17, 15) is 28.1 Å². The summed E-state index contributed by atoms with van der Waals surface area (Å²) in [4.78, 5) is 35.6. The molecule has 0 aromatic heterocycles. The molecule has 11 heteroatoms. The third kappa shape index (κ3) is 7.87. The molecule has 1 amide bonds. The van der Waals surface area contributed by atoms with Gasteiger partial charge in [-0.3, -0.25) is 24.4 Å². The van der Waals surface area contributed by atoms with Crippen LogP contribution in [0.5, 0.6) is 0 Å². The number of carbonyl (C=O) groups is 2. The summed E-state index contributed by atoms with van der Waals surface area (Å²) in [6.45, 7) is 7.72. The van der Waals surface area contributed by atoms with E-state index in [0.717, 1.165) is 28.3 Å². The number of ether oxygens (including phenoxy) is 1. The van der Waals surface area contributed by atoms with Crippen molar-refractivity contribution in [1.82, 2.24) is 5.32 Å². The SMILES string of the molecule is CCOC(=O)CC(NC(=O)Cc1c(C)cc(C)cc1C)c1cccc(NS(=O)(=O)c2cccc([N+](=O)[O-])c2)c1. The zero-order chi connectivity index (χ0) is 28.7. The van der Waals surface area contributed by atoms with E-state index in [2.05, 4.69) is 10.0 Å². The zero-order valence-corrected chi connectivity index (χ0v) is 23.0. The molecule has 3 rings (SSSR count). The molecule has 3 aromatic rings. The number of hydrogen-bond donors (Lipinski definition) is 2. The molecule has 0 heterocycles. The lowest BCUT2D eigenvalue weighted by atomic mass is 9.96. The Morgan fingerprint density at radius 2 is 1.67 bits per heavy atom. The summed E-state index contributed by atoms with van der Waals surface area (Å²) >= 11 is 0. The molecule has 0 saturated heterocycles. The molecule has 39 heavy (non-hydrogen) atoms. The van der Waals surface area contributed by atoms with Crippen LogP contribution < -0.4 is 10.0 Å². The van der Waals surface area contributed by atoms with Crippen LogP contribution in [0.25, 0.3) is 0 Å². The molecule has 3 aromatic carbocycles. The van der Waals surface area contributed by atoms with Gasteiger partial charge in [-0.25, -0.2) is 8.42 Å². The summed E-state index contributed by atoms with van der Waals surface area (Å²) in [5.41, 5.74) is 4.25. The molecule has 0 bridgehead atoms. The van der Waals surface area contributed by atoms with E-state index < -0.39 is 27.0 Å². The highest BCUT2D eigenvalue weighted by Crippen LogP contribution is 2.25. The second kappa shape index (κ2) is 12.5. The fourth-order valence-corrected chi connectivity index (χ4v) is 5.42. The van der Waals surface area contributed by atoms with Crippen molar-refractivity contribution < 1.29 is 27.7 Å². The quantitative estimate of drug-likeness (QED) is 0.199. The number of benzene rings is 3. The van der Waals surface area contributed by atoms with Gasteiger partial charge in [0.15, 0.2) is 0 Å². The number of nitro groups is 1. The van der Waals surface area contributed by atoms with Crippen LogP contribution in [0.2, 0.25) is 0 Å². The predicted octanol–water partition coefficient (Wildman–Crippen LogP) is 4.67. The normalized spacial score (nSPS) is 11.9. The summed E-state index contributed by atoms with van der Waals surface area (Å²) in [5, 5.41) is 14.0. The van der Waals surface area contributed by atoms with Crippen molar-refractivity contribution in [2.75, 3.05) is 11.3 Å². The van der Waals surface area contributed by atoms with Gasteiger partial charge in [0.25, 0.3) is 15.7 Å². The Hall–Kier alpha value is -4.25. The number of hydrogen-bond acceptors (Lipinski definition) is 7. The van der Waals surface area contributed by atoms with Crippen molar-refractivity contribution in [3.63, 3.8) is 0 Å². The van der Waals surface area contributed by atoms with Gasteiger partial charge < -0.3 is 10.1 Å². The smallest absolute Gasteiger partial charge is 0.308 e. The van der Waals surface area contributed by atoms with Crippen LogP contribution in [0.1, 0.15) is 47.2 Å². The fraction of sp³-hybridized carbons (Fsp3) is 0.286. The number of anilines is 1. The van der Waals surface area contributed by atoms with Crippen molar-refractivity contribution >= 4 is 33.3 Å². The highest BCUT2D eigenvalue weighted by atomic mass is 32.2. The minimum absolute atomic E-state index is 0.108. The number of nitrogens with zero attached hydrogens (tertiary/aromatic N) is 1. The average molecular weight is 554 g/mol. The van der Waals surface area contributed by atoms with E-state index in [1.165, 1.54) is 30.3 Å². The molecule has 0 aliphatic rings. The number of nitrogens with one attached hydrogen (secondary N) is 2. The van der Waals surface area contributed by atoms with Gasteiger partial charge in [0.1, 0.15) is 0 Å². The summed E-state index contributed by atoms with van der Waals surface area (Å²) in [7, 11) is -4.15. The van der Waals surface area contributed by atoms with Crippen LogP contribution in [0.15, 0.2) is 65.6 Å². The summed E-state index contributed by atoms with van der Waals surface area (Å²) in [6.07, 6.45) is -0.0527. The number of aryl methyl sites for hydroxylation is 3. The molecule has 0 spiro atoms. The second-order valence-corrected chi connectivity index (χ2v) is 10.9. The summed E-state index contributed by atoms with van der Waals surface area (Å²) in [5.74, 6) is -0.824. The molecule has 10 nitrogen and oxygen atoms in total. The molecule has 206 valence electrons. The van der Waals surface area contributed by atoms with E-state index >= 15 is 0 Å². The Labute approximate surface area is 227 Å². The summed E-state index contributed by atoms with van der Waals surface area (Å²) < 4.78 is 33.3. The Kier molecular flexibility index (Phi) is 9.42. The first kappa shape index (κ1) is 29.3. The van der Waals surface area contributed by atoms with Gasteiger partial charge in [-0.15, -0.1) is 0 Å². The second-order valence-electron chi connectivity index (χ2n) is 9.17. The fourth-order valence-electron chi connectivity index (χ4n) is 4.33.